The Balaban J connectivity index is 2.29. The van der Waals surface area contributed by atoms with Gasteiger partial charge < -0.3 is 15.0 Å². The van der Waals surface area contributed by atoms with E-state index in [2.05, 4.69) is 56.1 Å². The molecular formula is C16H26N2O. The van der Waals surface area contributed by atoms with Crippen LogP contribution in [0.4, 0.5) is 5.69 Å². The predicted octanol–water partition coefficient (Wildman–Crippen LogP) is 2.97. The summed E-state index contributed by atoms with van der Waals surface area (Å²) in [4.78, 5) is 2.53. The van der Waals surface area contributed by atoms with E-state index in [1.165, 1.54) is 11.3 Å². The van der Waals surface area contributed by atoms with Crippen molar-refractivity contribution in [1.29, 1.82) is 0 Å². The van der Waals surface area contributed by atoms with Gasteiger partial charge in [0.2, 0.25) is 0 Å². The summed E-state index contributed by atoms with van der Waals surface area (Å²) in [5.74, 6) is 0.964. The number of hydrogen-bond acceptors (Lipinski definition) is 3. The number of nitrogens with one attached hydrogen (secondary N) is 1. The van der Waals surface area contributed by atoms with Crippen LogP contribution < -0.4 is 15.0 Å². The molecule has 0 aromatic heterocycles. The number of piperazine rings is 1. The molecule has 1 heterocycles. The zero-order chi connectivity index (χ0) is 14.0. The molecule has 1 aromatic rings. The first-order chi connectivity index (χ1) is 8.96. The molecule has 1 unspecified atom stereocenters. The van der Waals surface area contributed by atoms with E-state index in [0.717, 1.165) is 25.3 Å². The fraction of sp³-hybridized carbons (Fsp3) is 0.625. The van der Waals surface area contributed by atoms with Crippen LogP contribution >= 0.6 is 0 Å². The van der Waals surface area contributed by atoms with E-state index in [0.29, 0.717) is 6.04 Å². The van der Waals surface area contributed by atoms with Gasteiger partial charge in [0.1, 0.15) is 5.75 Å². The molecule has 1 atom stereocenters. The molecule has 0 spiro atoms. The van der Waals surface area contributed by atoms with Crippen LogP contribution in [-0.4, -0.2) is 31.8 Å². The van der Waals surface area contributed by atoms with Crippen molar-refractivity contribution in [2.75, 3.05) is 25.1 Å². The molecule has 0 amide bonds. The Morgan fingerprint density at radius 3 is 2.74 bits per heavy atom. The van der Waals surface area contributed by atoms with Crippen LogP contribution in [0.25, 0.3) is 0 Å². The highest BCUT2D eigenvalue weighted by atomic mass is 16.5. The van der Waals surface area contributed by atoms with Crippen LogP contribution in [-0.2, 0) is 0 Å². The predicted molar refractivity (Wildman–Crippen MR) is 81.2 cm³/mol. The lowest BCUT2D eigenvalue weighted by Crippen LogP contribution is -2.61. The van der Waals surface area contributed by atoms with Gasteiger partial charge in [-0.05, 0) is 51.0 Å². The molecule has 1 aromatic carbocycles. The van der Waals surface area contributed by atoms with Gasteiger partial charge in [0, 0.05) is 30.4 Å². The quantitative estimate of drug-likeness (QED) is 0.906. The smallest absolute Gasteiger partial charge is 0.121 e. The van der Waals surface area contributed by atoms with Gasteiger partial charge in [-0.2, -0.15) is 0 Å². The zero-order valence-corrected chi connectivity index (χ0v) is 12.8. The van der Waals surface area contributed by atoms with Crippen molar-refractivity contribution >= 4 is 5.69 Å². The van der Waals surface area contributed by atoms with E-state index in [1.54, 1.807) is 7.11 Å². The molecule has 0 aliphatic carbocycles. The first-order valence-corrected chi connectivity index (χ1v) is 7.13. The summed E-state index contributed by atoms with van der Waals surface area (Å²) in [7, 11) is 1.73. The van der Waals surface area contributed by atoms with Gasteiger partial charge in [-0.25, -0.2) is 0 Å². The number of anilines is 1. The topological polar surface area (TPSA) is 24.5 Å². The molecule has 2 rings (SSSR count). The molecule has 19 heavy (non-hydrogen) atoms. The van der Waals surface area contributed by atoms with Gasteiger partial charge in [-0.15, -0.1) is 0 Å². The average molecular weight is 262 g/mol. The van der Waals surface area contributed by atoms with Gasteiger partial charge in [-0.3, -0.25) is 0 Å². The van der Waals surface area contributed by atoms with Gasteiger partial charge in [0.05, 0.1) is 7.11 Å². The lowest BCUT2D eigenvalue weighted by atomic mass is 9.96. The van der Waals surface area contributed by atoms with Crippen molar-refractivity contribution < 1.29 is 4.74 Å². The SMILES string of the molecule is CCC1CNC(C)(C)CN1c1ccc(OC)c(C)c1. The summed E-state index contributed by atoms with van der Waals surface area (Å²) in [5, 5.41) is 3.63. The summed E-state index contributed by atoms with van der Waals surface area (Å²) in [6.45, 7) is 11.0. The summed E-state index contributed by atoms with van der Waals surface area (Å²) < 4.78 is 5.35. The average Bonchev–Trinajstić information content (AvgIpc) is 2.37. The van der Waals surface area contributed by atoms with Crippen LogP contribution in [0.5, 0.6) is 5.75 Å². The van der Waals surface area contributed by atoms with E-state index >= 15 is 0 Å². The van der Waals surface area contributed by atoms with E-state index in [-0.39, 0.29) is 5.54 Å². The maximum absolute atomic E-state index is 5.35. The molecule has 1 aliphatic heterocycles. The number of ether oxygens (including phenoxy) is 1. The van der Waals surface area contributed by atoms with Gasteiger partial charge in [0.15, 0.2) is 0 Å². The molecule has 3 nitrogen and oxygen atoms in total. The molecule has 3 heteroatoms. The molecule has 0 saturated carbocycles. The number of rotatable bonds is 3. The van der Waals surface area contributed by atoms with E-state index < -0.39 is 0 Å². The van der Waals surface area contributed by atoms with E-state index in [9.17, 15) is 0 Å². The number of aryl methyl sites for hydroxylation is 1. The van der Waals surface area contributed by atoms with Crippen molar-refractivity contribution in [3.63, 3.8) is 0 Å². The number of nitrogens with zero attached hydrogens (tertiary/aromatic N) is 1. The maximum Gasteiger partial charge on any atom is 0.121 e. The minimum Gasteiger partial charge on any atom is -0.496 e. The van der Waals surface area contributed by atoms with Crippen LogP contribution in [0.3, 0.4) is 0 Å². The Bertz CT molecular complexity index is 442. The zero-order valence-electron chi connectivity index (χ0n) is 12.8. The maximum atomic E-state index is 5.35. The summed E-state index contributed by atoms with van der Waals surface area (Å²) in [5.41, 5.74) is 2.67. The van der Waals surface area contributed by atoms with Crippen LogP contribution in [0, 0.1) is 6.92 Å². The number of hydrogen-bond donors (Lipinski definition) is 1. The minimum absolute atomic E-state index is 0.166. The Hall–Kier alpha value is -1.22. The Morgan fingerprint density at radius 1 is 1.42 bits per heavy atom. The van der Waals surface area contributed by atoms with Crippen LogP contribution in [0.15, 0.2) is 18.2 Å². The fourth-order valence-electron chi connectivity index (χ4n) is 2.82. The van der Waals surface area contributed by atoms with E-state index in [4.69, 9.17) is 4.74 Å². The van der Waals surface area contributed by atoms with Crippen molar-refractivity contribution in [3.05, 3.63) is 23.8 Å². The highest BCUT2D eigenvalue weighted by molar-refractivity contribution is 5.54. The fourth-order valence-corrected chi connectivity index (χ4v) is 2.82. The lowest BCUT2D eigenvalue weighted by molar-refractivity contribution is 0.306. The van der Waals surface area contributed by atoms with Crippen molar-refractivity contribution in [2.24, 2.45) is 0 Å². The molecule has 1 N–H and O–H groups in total. The first kappa shape index (κ1) is 14.2. The second kappa shape index (κ2) is 5.41. The molecule has 1 fully saturated rings. The Kier molecular flexibility index (Phi) is 4.04. The third kappa shape index (κ3) is 3.03. The van der Waals surface area contributed by atoms with Crippen molar-refractivity contribution in [2.45, 2.75) is 45.7 Å². The monoisotopic (exact) mass is 262 g/mol. The largest absolute Gasteiger partial charge is 0.496 e. The first-order valence-electron chi connectivity index (χ1n) is 7.13. The third-order valence-electron chi connectivity index (χ3n) is 4.00. The Morgan fingerprint density at radius 2 is 2.16 bits per heavy atom. The highest BCUT2D eigenvalue weighted by Gasteiger charge is 2.31. The van der Waals surface area contributed by atoms with Crippen molar-refractivity contribution in [3.8, 4) is 5.75 Å². The van der Waals surface area contributed by atoms with Crippen LogP contribution in [0.1, 0.15) is 32.8 Å². The highest BCUT2D eigenvalue weighted by Crippen LogP contribution is 2.29. The number of methoxy groups -OCH3 is 1. The van der Waals surface area contributed by atoms with Crippen molar-refractivity contribution in [1.82, 2.24) is 5.32 Å². The molecule has 0 radical (unpaired) electrons. The van der Waals surface area contributed by atoms with Crippen LogP contribution in [0.2, 0.25) is 0 Å². The summed E-state index contributed by atoms with van der Waals surface area (Å²) >= 11 is 0. The molecular weight excluding hydrogens is 236 g/mol. The number of benzene rings is 1. The van der Waals surface area contributed by atoms with Gasteiger partial charge in [0.25, 0.3) is 0 Å². The third-order valence-corrected chi connectivity index (χ3v) is 4.00. The molecule has 1 saturated heterocycles. The molecule has 1 aliphatic rings. The minimum atomic E-state index is 0.166. The van der Waals surface area contributed by atoms with Gasteiger partial charge in [-0.1, -0.05) is 6.92 Å². The second-order valence-corrected chi connectivity index (χ2v) is 6.11. The standard InChI is InChI=1S/C16H26N2O/c1-6-13-10-17-16(3,4)11-18(13)14-7-8-15(19-5)12(2)9-14/h7-9,13,17H,6,10-11H2,1-5H3. The normalized spacial score (nSPS) is 22.4. The van der Waals surface area contributed by atoms with Gasteiger partial charge >= 0.3 is 0 Å². The second-order valence-electron chi connectivity index (χ2n) is 6.11. The summed E-state index contributed by atoms with van der Waals surface area (Å²) in [6.07, 6.45) is 1.16. The van der Waals surface area contributed by atoms with E-state index in [1.807, 2.05) is 0 Å². The summed E-state index contributed by atoms with van der Waals surface area (Å²) in [6, 6.07) is 7.06. The molecule has 0 bridgehead atoms. The lowest BCUT2D eigenvalue weighted by Gasteiger charge is -2.46. The molecule has 106 valence electrons. The Labute approximate surface area is 116 Å².